The number of hydrogen-bond donors (Lipinski definition) is 1. The fourth-order valence-corrected chi connectivity index (χ4v) is 3.35. The lowest BCUT2D eigenvalue weighted by Gasteiger charge is -2.15. The van der Waals surface area contributed by atoms with Crippen LogP contribution in [0.5, 0.6) is 0 Å². The number of ether oxygens (including phenoxy) is 1. The number of hydrogen-bond acceptors (Lipinski definition) is 4. The molecule has 0 aliphatic carbocycles. The Labute approximate surface area is 186 Å². The quantitative estimate of drug-likeness (QED) is 0.346. The van der Waals surface area contributed by atoms with Crippen LogP contribution in [0.4, 0.5) is 16.2 Å². The van der Waals surface area contributed by atoms with Gasteiger partial charge in [0, 0.05) is 17.1 Å². The van der Waals surface area contributed by atoms with Crippen LogP contribution in [0, 0.1) is 6.92 Å². The number of carbonyl (C=O) groups excluding carboxylic acids is 2. The van der Waals surface area contributed by atoms with Crippen molar-refractivity contribution in [3.8, 4) is 0 Å². The summed E-state index contributed by atoms with van der Waals surface area (Å²) in [6.07, 6.45) is 2.06. The molecule has 0 spiro atoms. The average Bonchev–Trinajstić information content (AvgIpc) is 2.73. The van der Waals surface area contributed by atoms with E-state index in [1.54, 1.807) is 12.1 Å². The first-order valence-corrected chi connectivity index (χ1v) is 10.3. The molecule has 0 saturated carbocycles. The highest BCUT2D eigenvalue weighted by Gasteiger charge is 2.11. The third-order valence-corrected chi connectivity index (χ3v) is 5.19. The Balaban J connectivity index is 1.50. The van der Waals surface area contributed by atoms with Crippen LogP contribution >= 0.6 is 11.6 Å². The molecular formula is C25H23ClN2O3. The highest BCUT2D eigenvalue weighted by Crippen LogP contribution is 2.19. The molecule has 1 unspecified atom stereocenters. The van der Waals surface area contributed by atoms with Crippen LogP contribution in [-0.4, -0.2) is 18.3 Å². The lowest BCUT2D eigenvalue weighted by atomic mass is 10.0. The number of carbonyl (C=O) groups is 1. The van der Waals surface area contributed by atoms with E-state index in [4.69, 9.17) is 16.3 Å². The number of halogens is 1. The van der Waals surface area contributed by atoms with E-state index in [0.717, 1.165) is 28.7 Å². The summed E-state index contributed by atoms with van der Waals surface area (Å²) in [5.41, 5.74) is 5.46. The van der Waals surface area contributed by atoms with Crippen molar-refractivity contribution in [2.75, 3.05) is 5.32 Å². The average molecular weight is 435 g/mol. The van der Waals surface area contributed by atoms with Gasteiger partial charge < -0.3 is 4.74 Å². The van der Waals surface area contributed by atoms with Crippen LogP contribution in [0.15, 0.2) is 71.7 Å². The van der Waals surface area contributed by atoms with Gasteiger partial charge in [-0.05, 0) is 72.9 Å². The minimum atomic E-state index is -0.496. The molecule has 3 rings (SSSR count). The molecule has 0 saturated heterocycles. The predicted octanol–water partition coefficient (Wildman–Crippen LogP) is 6.39. The summed E-state index contributed by atoms with van der Waals surface area (Å²) >= 11 is 6.16. The lowest BCUT2D eigenvalue weighted by Crippen LogP contribution is -2.21. The minimum Gasteiger partial charge on any atom is -0.446 e. The van der Waals surface area contributed by atoms with E-state index in [9.17, 15) is 9.59 Å². The normalized spacial score (nSPS) is 11.3. The van der Waals surface area contributed by atoms with Crippen LogP contribution in [-0.2, 0) is 22.4 Å². The highest BCUT2D eigenvalue weighted by atomic mass is 35.5. The van der Waals surface area contributed by atoms with Gasteiger partial charge in [-0.1, -0.05) is 48.0 Å². The highest BCUT2D eigenvalue weighted by molar-refractivity contribution is 6.31. The zero-order chi connectivity index (χ0) is 22.2. The molecule has 0 bridgehead atoms. The molecule has 31 heavy (non-hydrogen) atoms. The molecule has 1 amide bonds. The maximum Gasteiger partial charge on any atom is 0.411 e. The van der Waals surface area contributed by atoms with Gasteiger partial charge in [-0.2, -0.15) is 4.99 Å². The van der Waals surface area contributed by atoms with Crippen LogP contribution < -0.4 is 5.32 Å². The third-order valence-electron chi connectivity index (χ3n) is 4.79. The van der Waals surface area contributed by atoms with E-state index in [2.05, 4.69) is 10.3 Å². The number of nitrogens with one attached hydrogen (secondary N) is 1. The van der Waals surface area contributed by atoms with Crippen molar-refractivity contribution < 1.29 is 14.3 Å². The monoisotopic (exact) mass is 434 g/mol. The first-order valence-electron chi connectivity index (χ1n) is 9.91. The maximum atomic E-state index is 12.2. The van der Waals surface area contributed by atoms with Crippen molar-refractivity contribution in [2.24, 2.45) is 4.99 Å². The number of isocyanates is 1. The number of nitrogens with zero attached hydrogens (tertiary/aromatic N) is 1. The number of rotatable bonds is 7. The summed E-state index contributed by atoms with van der Waals surface area (Å²) < 4.78 is 5.46. The van der Waals surface area contributed by atoms with Gasteiger partial charge in [0.05, 0.1) is 5.69 Å². The van der Waals surface area contributed by atoms with Gasteiger partial charge in [0.25, 0.3) is 0 Å². The van der Waals surface area contributed by atoms with Crippen molar-refractivity contribution in [1.82, 2.24) is 0 Å². The molecule has 0 fully saturated rings. The number of anilines is 1. The number of benzene rings is 3. The number of aliphatic imine (C=N–C) groups is 1. The summed E-state index contributed by atoms with van der Waals surface area (Å²) in [5, 5.41) is 3.46. The molecule has 3 aromatic rings. The molecule has 6 heteroatoms. The first kappa shape index (κ1) is 22.3. The first-order chi connectivity index (χ1) is 14.9. The summed E-state index contributed by atoms with van der Waals surface area (Å²) in [7, 11) is 0. The Bertz CT molecular complexity index is 1090. The van der Waals surface area contributed by atoms with E-state index in [1.807, 2.05) is 68.4 Å². The SMILES string of the molecule is Cc1ccc(CC(C)OC(=O)Nc2ccc(Cc3ccc(N=C=O)cc3)cc2)cc1Cl. The Morgan fingerprint density at radius 1 is 1.03 bits per heavy atom. The molecule has 5 nitrogen and oxygen atoms in total. The molecule has 0 aliphatic heterocycles. The number of amides is 1. The van der Waals surface area contributed by atoms with E-state index in [-0.39, 0.29) is 6.10 Å². The second kappa shape index (κ2) is 10.6. The van der Waals surface area contributed by atoms with Crippen LogP contribution in [0.2, 0.25) is 5.02 Å². The second-order valence-electron chi connectivity index (χ2n) is 7.37. The van der Waals surface area contributed by atoms with Crippen molar-refractivity contribution in [3.63, 3.8) is 0 Å². The number of aryl methyl sites for hydroxylation is 1. The zero-order valence-electron chi connectivity index (χ0n) is 17.4. The van der Waals surface area contributed by atoms with Crippen molar-refractivity contribution in [2.45, 2.75) is 32.8 Å². The smallest absolute Gasteiger partial charge is 0.411 e. The molecule has 0 radical (unpaired) electrons. The fraction of sp³-hybridized carbons (Fsp3) is 0.200. The predicted molar refractivity (Wildman–Crippen MR) is 123 cm³/mol. The molecule has 3 aromatic carbocycles. The molecule has 0 aromatic heterocycles. The Kier molecular flexibility index (Phi) is 7.60. The lowest BCUT2D eigenvalue weighted by molar-refractivity contribution is 0.120. The van der Waals surface area contributed by atoms with Gasteiger partial charge in [-0.15, -0.1) is 0 Å². The molecule has 1 N–H and O–H groups in total. The van der Waals surface area contributed by atoms with E-state index >= 15 is 0 Å². The largest absolute Gasteiger partial charge is 0.446 e. The summed E-state index contributed by atoms with van der Waals surface area (Å²) in [6.45, 7) is 3.80. The van der Waals surface area contributed by atoms with Gasteiger partial charge in [0.1, 0.15) is 6.10 Å². The van der Waals surface area contributed by atoms with Gasteiger partial charge >= 0.3 is 6.09 Å². The Hall–Kier alpha value is -3.40. The molecular weight excluding hydrogens is 412 g/mol. The van der Waals surface area contributed by atoms with Gasteiger partial charge in [-0.3, -0.25) is 5.32 Å². The molecule has 0 heterocycles. The summed E-state index contributed by atoms with van der Waals surface area (Å²) in [5.74, 6) is 0. The minimum absolute atomic E-state index is 0.287. The summed E-state index contributed by atoms with van der Waals surface area (Å²) in [4.78, 5) is 26.1. The Morgan fingerprint density at radius 3 is 2.26 bits per heavy atom. The van der Waals surface area contributed by atoms with Gasteiger partial charge in [-0.25, -0.2) is 9.59 Å². The van der Waals surface area contributed by atoms with Crippen molar-refractivity contribution >= 4 is 35.1 Å². The van der Waals surface area contributed by atoms with Gasteiger partial charge in [0.2, 0.25) is 6.08 Å². The fourth-order valence-electron chi connectivity index (χ4n) is 3.15. The Morgan fingerprint density at radius 2 is 1.65 bits per heavy atom. The molecule has 158 valence electrons. The standard InChI is InChI=1S/C25H23ClN2O3/c1-17-3-4-21(15-24(17)26)13-18(2)31-25(30)28-23-11-7-20(8-12-23)14-19-5-9-22(10-6-19)27-16-29/h3-12,15,18H,13-14H2,1-2H3,(H,28,30). The molecule has 1 atom stereocenters. The van der Waals surface area contributed by atoms with E-state index in [1.165, 1.54) is 6.08 Å². The van der Waals surface area contributed by atoms with E-state index < -0.39 is 6.09 Å². The summed E-state index contributed by atoms with van der Waals surface area (Å²) in [6, 6.07) is 20.8. The zero-order valence-corrected chi connectivity index (χ0v) is 18.1. The van der Waals surface area contributed by atoms with E-state index in [0.29, 0.717) is 22.8 Å². The van der Waals surface area contributed by atoms with Crippen molar-refractivity contribution in [3.05, 3.63) is 94.0 Å². The third kappa shape index (κ3) is 6.82. The maximum absolute atomic E-state index is 12.2. The topological polar surface area (TPSA) is 67.8 Å². The van der Waals surface area contributed by atoms with Crippen LogP contribution in [0.25, 0.3) is 0 Å². The molecule has 0 aliphatic rings. The van der Waals surface area contributed by atoms with Crippen LogP contribution in [0.1, 0.15) is 29.2 Å². The van der Waals surface area contributed by atoms with Crippen molar-refractivity contribution in [1.29, 1.82) is 0 Å². The van der Waals surface area contributed by atoms with Crippen LogP contribution in [0.3, 0.4) is 0 Å². The van der Waals surface area contributed by atoms with Gasteiger partial charge in [0.15, 0.2) is 0 Å². The second-order valence-corrected chi connectivity index (χ2v) is 7.78.